The summed E-state index contributed by atoms with van der Waals surface area (Å²) < 4.78 is 10.4. The summed E-state index contributed by atoms with van der Waals surface area (Å²) in [7, 11) is 1.13. The molecule has 11 nitrogen and oxygen atoms in total. The molecular formula is C29H26ClN3O8S. The van der Waals surface area contributed by atoms with E-state index >= 15 is 0 Å². The average molecular weight is 612 g/mol. The number of Topliss-reactive ketones (excluding diaryl/α,β-unsaturated/α-hetero) is 1. The summed E-state index contributed by atoms with van der Waals surface area (Å²) in [6.07, 6.45) is 0.741. The number of amides is 2. The number of thioether (sulfide) groups is 1. The van der Waals surface area contributed by atoms with Gasteiger partial charge in [-0.2, -0.15) is 0 Å². The fourth-order valence-corrected chi connectivity index (χ4v) is 5.70. The second-order valence-corrected chi connectivity index (χ2v) is 10.3. The van der Waals surface area contributed by atoms with Crippen LogP contribution in [0.5, 0.6) is 0 Å². The van der Waals surface area contributed by atoms with Crippen LogP contribution in [-0.4, -0.2) is 76.9 Å². The second kappa shape index (κ2) is 14.0. The zero-order chi connectivity index (χ0) is 30.2. The Kier molecular flexibility index (Phi) is 10.2. The minimum Gasteiger partial charge on any atom is -0.466 e. The molecular weight excluding hydrogens is 586 g/mol. The Bertz CT molecular complexity index is 1410. The molecule has 0 bridgehead atoms. The lowest BCUT2D eigenvalue weighted by atomic mass is 10.0. The molecule has 2 unspecified atom stereocenters. The molecule has 1 N–H and O–H groups in total. The van der Waals surface area contributed by atoms with Crippen molar-refractivity contribution in [1.29, 1.82) is 0 Å². The number of oxime groups is 1. The molecule has 218 valence electrons. The number of ether oxygens (including phenoxy) is 2. The number of alkyl halides is 1. The quantitative estimate of drug-likeness (QED) is 0.0957. The molecule has 4 rings (SSSR count). The van der Waals surface area contributed by atoms with Gasteiger partial charge in [0.1, 0.15) is 17.1 Å². The molecule has 42 heavy (non-hydrogen) atoms. The fourth-order valence-electron chi connectivity index (χ4n) is 4.24. The number of nitrogens with one attached hydrogen (secondary N) is 1. The first-order chi connectivity index (χ1) is 20.3. The van der Waals surface area contributed by atoms with Gasteiger partial charge in [0.15, 0.2) is 6.10 Å². The molecule has 2 heterocycles. The van der Waals surface area contributed by atoms with Gasteiger partial charge in [0.25, 0.3) is 11.8 Å². The predicted octanol–water partition coefficient (Wildman–Crippen LogP) is 2.51. The van der Waals surface area contributed by atoms with Crippen LogP contribution in [0.15, 0.2) is 89.7 Å². The number of carbonyl (C=O) groups excluding carboxylic acids is 5. The maximum absolute atomic E-state index is 13.7. The zero-order valence-corrected chi connectivity index (χ0v) is 23.9. The van der Waals surface area contributed by atoms with Gasteiger partial charge in [-0.05, 0) is 16.7 Å². The molecule has 1 fully saturated rings. The van der Waals surface area contributed by atoms with Crippen LogP contribution in [0.25, 0.3) is 0 Å². The lowest BCUT2D eigenvalue weighted by Crippen LogP contribution is -2.71. The zero-order valence-electron chi connectivity index (χ0n) is 22.4. The highest BCUT2D eigenvalue weighted by atomic mass is 35.5. The first-order valence-corrected chi connectivity index (χ1v) is 14.2. The lowest BCUT2D eigenvalue weighted by Gasteiger charge is -2.49. The number of ketones is 1. The first kappa shape index (κ1) is 30.5. The minimum absolute atomic E-state index is 0.0215. The van der Waals surface area contributed by atoms with Crippen LogP contribution in [0.2, 0.25) is 0 Å². The van der Waals surface area contributed by atoms with E-state index in [-0.39, 0.29) is 5.70 Å². The summed E-state index contributed by atoms with van der Waals surface area (Å²) in [5.41, 5.74) is 1.27. The number of allylic oxidation sites excluding steroid dienone is 1. The summed E-state index contributed by atoms with van der Waals surface area (Å²) in [6, 6.07) is 17.3. The van der Waals surface area contributed by atoms with Gasteiger partial charge in [0.2, 0.25) is 18.1 Å². The number of benzene rings is 2. The van der Waals surface area contributed by atoms with Gasteiger partial charge in [-0.15, -0.1) is 23.4 Å². The molecule has 0 radical (unpaired) electrons. The Morgan fingerprint density at radius 3 is 2.29 bits per heavy atom. The average Bonchev–Trinajstić information content (AvgIpc) is 3.03. The highest BCUT2D eigenvalue weighted by Gasteiger charge is 2.54. The maximum atomic E-state index is 13.7. The molecule has 0 aromatic heterocycles. The normalized spacial score (nSPS) is 18.0. The van der Waals surface area contributed by atoms with Crippen LogP contribution >= 0.6 is 23.4 Å². The van der Waals surface area contributed by atoms with Gasteiger partial charge >= 0.3 is 11.9 Å². The van der Waals surface area contributed by atoms with Crippen molar-refractivity contribution in [2.24, 2.45) is 5.16 Å². The lowest BCUT2D eigenvalue weighted by molar-refractivity contribution is -0.154. The van der Waals surface area contributed by atoms with Crippen molar-refractivity contribution < 1.29 is 38.3 Å². The van der Waals surface area contributed by atoms with Gasteiger partial charge in [0, 0.05) is 5.75 Å². The first-order valence-electron chi connectivity index (χ1n) is 12.6. The highest BCUT2D eigenvalue weighted by Crippen LogP contribution is 2.41. The van der Waals surface area contributed by atoms with E-state index < -0.39 is 65.3 Å². The van der Waals surface area contributed by atoms with E-state index in [0.29, 0.717) is 11.3 Å². The standard InChI is InChI=1S/C29H26ClN3O8S/c1-3-17-16-42-28-23(31-26(36)22(20(34)14-30)32-40-15-21(35)39-2)27(37)33(28)24(17)29(38)41-25(18-10-6-4-7-11-18)19-12-8-5-9-13-19/h3-13,23,25,28H,1,14-16H2,2H3,(H,31,36)/b32-22+. The van der Waals surface area contributed by atoms with Crippen molar-refractivity contribution >= 4 is 58.6 Å². The number of carbonyl (C=O) groups is 5. The number of β-lactam (4-membered cyclic amide) rings is 1. The molecule has 2 aliphatic heterocycles. The molecule has 13 heteroatoms. The van der Waals surface area contributed by atoms with Gasteiger partial charge in [-0.3, -0.25) is 19.3 Å². The summed E-state index contributed by atoms with van der Waals surface area (Å²) in [4.78, 5) is 69.3. The van der Waals surface area contributed by atoms with Crippen molar-refractivity contribution in [2.75, 3.05) is 25.3 Å². The molecule has 2 aliphatic rings. The highest BCUT2D eigenvalue weighted by molar-refractivity contribution is 8.00. The number of fused-ring (bicyclic) bond motifs is 1. The van der Waals surface area contributed by atoms with Crippen LogP contribution in [-0.2, 0) is 38.3 Å². The summed E-state index contributed by atoms with van der Waals surface area (Å²) in [6.45, 7) is 3.14. The summed E-state index contributed by atoms with van der Waals surface area (Å²) in [5, 5.41) is 5.20. The van der Waals surface area contributed by atoms with E-state index in [1.165, 1.54) is 22.7 Å². The van der Waals surface area contributed by atoms with E-state index in [4.69, 9.17) is 21.2 Å². The second-order valence-electron chi connectivity index (χ2n) is 8.89. The van der Waals surface area contributed by atoms with Gasteiger partial charge in [-0.25, -0.2) is 9.59 Å². The number of hydrogen-bond acceptors (Lipinski definition) is 10. The van der Waals surface area contributed by atoms with Crippen LogP contribution < -0.4 is 5.32 Å². The van der Waals surface area contributed by atoms with Gasteiger partial charge < -0.3 is 19.6 Å². The molecule has 2 amide bonds. The fraction of sp³-hybridized carbons (Fsp3) is 0.241. The maximum Gasteiger partial charge on any atom is 0.356 e. The molecule has 1 saturated heterocycles. The van der Waals surface area contributed by atoms with Crippen molar-refractivity contribution in [1.82, 2.24) is 10.2 Å². The third-order valence-corrected chi connectivity index (χ3v) is 7.87. The van der Waals surface area contributed by atoms with E-state index in [9.17, 15) is 24.0 Å². The van der Waals surface area contributed by atoms with Crippen molar-refractivity contribution in [3.05, 3.63) is 95.7 Å². The van der Waals surface area contributed by atoms with Crippen LogP contribution in [0, 0.1) is 0 Å². The SMILES string of the molecule is C=CC1=C(C(=O)OC(c2ccccc2)c2ccccc2)N2C(=O)C(NC(=O)/C(=N/OCC(=O)OC)C(=O)CCl)C2SC1. The number of esters is 2. The predicted molar refractivity (Wildman–Crippen MR) is 154 cm³/mol. The third kappa shape index (κ3) is 6.55. The summed E-state index contributed by atoms with van der Waals surface area (Å²) >= 11 is 6.89. The van der Waals surface area contributed by atoms with Crippen LogP contribution in [0.1, 0.15) is 17.2 Å². The van der Waals surface area contributed by atoms with Gasteiger partial charge in [0.05, 0.1) is 13.0 Å². The topological polar surface area (TPSA) is 141 Å². The Labute approximate surface area is 250 Å². The van der Waals surface area contributed by atoms with E-state index in [2.05, 4.69) is 21.8 Å². The Morgan fingerprint density at radius 2 is 1.74 bits per heavy atom. The number of hydrogen-bond donors (Lipinski definition) is 1. The molecule has 2 aromatic rings. The largest absolute Gasteiger partial charge is 0.466 e. The molecule has 0 saturated carbocycles. The van der Waals surface area contributed by atoms with Crippen molar-refractivity contribution in [2.45, 2.75) is 17.5 Å². The van der Waals surface area contributed by atoms with Crippen LogP contribution in [0.3, 0.4) is 0 Å². The molecule has 0 aliphatic carbocycles. The number of halogens is 1. The van der Waals surface area contributed by atoms with E-state index in [1.54, 1.807) is 0 Å². The molecule has 0 spiro atoms. The number of methoxy groups -OCH3 is 1. The molecule has 2 atom stereocenters. The Hall–Kier alpha value is -4.42. The monoisotopic (exact) mass is 611 g/mol. The van der Waals surface area contributed by atoms with E-state index in [1.807, 2.05) is 60.7 Å². The minimum atomic E-state index is -1.09. The smallest absolute Gasteiger partial charge is 0.356 e. The third-order valence-electron chi connectivity index (χ3n) is 6.32. The Balaban J connectivity index is 1.54. The number of rotatable bonds is 12. The van der Waals surface area contributed by atoms with E-state index in [0.717, 1.165) is 18.2 Å². The van der Waals surface area contributed by atoms with Crippen LogP contribution in [0.4, 0.5) is 0 Å². The Morgan fingerprint density at radius 1 is 1.12 bits per heavy atom. The number of nitrogens with zero attached hydrogens (tertiary/aromatic N) is 2. The van der Waals surface area contributed by atoms with Crippen molar-refractivity contribution in [3.8, 4) is 0 Å². The van der Waals surface area contributed by atoms with Gasteiger partial charge in [-0.1, -0.05) is 78.5 Å². The summed E-state index contributed by atoms with van der Waals surface area (Å²) in [5.74, 6) is -4.32. The molecule has 2 aromatic carbocycles. The van der Waals surface area contributed by atoms with Crippen molar-refractivity contribution in [3.63, 3.8) is 0 Å².